The summed E-state index contributed by atoms with van der Waals surface area (Å²) < 4.78 is 1.27. The Kier molecular flexibility index (Phi) is 2.13. The fourth-order valence-corrected chi connectivity index (χ4v) is 0.791. The zero-order chi connectivity index (χ0) is 10.0. The molecule has 0 aliphatic rings. The number of aromatic nitrogens is 2. The lowest BCUT2D eigenvalue weighted by atomic mass is 10.3. The van der Waals surface area contributed by atoms with Gasteiger partial charge >= 0.3 is 5.09 Å². The second-order valence-corrected chi connectivity index (χ2v) is 2.25. The van der Waals surface area contributed by atoms with Gasteiger partial charge in [0.25, 0.3) is 0 Å². The van der Waals surface area contributed by atoms with E-state index in [-0.39, 0.29) is 17.3 Å². The highest BCUT2D eigenvalue weighted by Gasteiger charge is 2.13. The zero-order valence-corrected chi connectivity index (χ0v) is 6.72. The third-order valence-corrected chi connectivity index (χ3v) is 1.25. The Labute approximate surface area is 72.5 Å². The number of aryl methyl sites for hydroxylation is 1. The quantitative estimate of drug-likeness (QED) is 0.278. The topological polar surface area (TPSA) is 120 Å². The highest BCUT2D eigenvalue weighted by atomic mass is 17.0. The van der Waals surface area contributed by atoms with E-state index in [0.717, 1.165) is 0 Å². The van der Waals surface area contributed by atoms with Crippen LogP contribution in [0, 0.1) is 15.5 Å². The minimum Gasteiger partial charge on any atom is -0.384 e. The number of rotatable bonds is 3. The highest BCUT2D eigenvalue weighted by molar-refractivity contribution is 5.96. The lowest BCUT2D eigenvalue weighted by Crippen LogP contribution is -2.13. The van der Waals surface area contributed by atoms with Gasteiger partial charge in [-0.2, -0.15) is 0 Å². The number of nitrogens with one attached hydrogen (secondary N) is 1. The Morgan fingerprint density at radius 3 is 3.00 bits per heavy atom. The maximum absolute atomic E-state index is 9.98. The van der Waals surface area contributed by atoms with Crippen molar-refractivity contribution in [3.05, 3.63) is 21.9 Å². The van der Waals surface area contributed by atoms with Crippen molar-refractivity contribution >= 4 is 5.84 Å². The van der Waals surface area contributed by atoms with Crippen molar-refractivity contribution in [2.75, 3.05) is 0 Å². The van der Waals surface area contributed by atoms with Gasteiger partial charge in [0, 0.05) is 13.2 Å². The first-order valence-electron chi connectivity index (χ1n) is 3.21. The molecule has 8 nitrogen and oxygen atoms in total. The van der Waals surface area contributed by atoms with Crippen molar-refractivity contribution in [2.24, 2.45) is 12.8 Å². The minimum absolute atomic E-state index is 0.0965. The maximum Gasteiger partial charge on any atom is 0.301 e. The molecule has 0 aliphatic heterocycles. The van der Waals surface area contributed by atoms with E-state index >= 15 is 0 Å². The smallest absolute Gasteiger partial charge is 0.301 e. The van der Waals surface area contributed by atoms with E-state index in [1.54, 1.807) is 7.05 Å². The van der Waals surface area contributed by atoms with Crippen LogP contribution in [0.4, 0.5) is 0 Å². The van der Waals surface area contributed by atoms with Crippen LogP contribution in [0.15, 0.2) is 6.20 Å². The van der Waals surface area contributed by atoms with E-state index in [4.69, 9.17) is 11.1 Å². The van der Waals surface area contributed by atoms with E-state index in [9.17, 15) is 10.1 Å². The van der Waals surface area contributed by atoms with Gasteiger partial charge in [0.15, 0.2) is 0 Å². The molecule has 0 saturated heterocycles. The molecule has 0 amide bonds. The standard InChI is InChI=1S/C5H7N5O3/c1-9-2-3(4(6)7)5(8-9)13-10(11)12/h2H,1H3,(H3,6,7). The summed E-state index contributed by atoms with van der Waals surface area (Å²) in [5, 5.41) is 19.6. The summed E-state index contributed by atoms with van der Waals surface area (Å²) in [7, 11) is 1.54. The third-order valence-electron chi connectivity index (χ3n) is 1.25. The van der Waals surface area contributed by atoms with Crippen LogP contribution in [-0.4, -0.2) is 20.7 Å². The van der Waals surface area contributed by atoms with E-state index in [1.165, 1.54) is 10.9 Å². The summed E-state index contributed by atoms with van der Waals surface area (Å²) >= 11 is 0. The number of nitrogens with two attached hydrogens (primary N) is 1. The molecule has 0 fully saturated rings. The monoisotopic (exact) mass is 185 g/mol. The predicted molar refractivity (Wildman–Crippen MR) is 41.8 cm³/mol. The Balaban J connectivity index is 3.04. The molecule has 13 heavy (non-hydrogen) atoms. The van der Waals surface area contributed by atoms with E-state index < -0.39 is 5.09 Å². The molecule has 0 spiro atoms. The molecule has 0 bridgehead atoms. The average Bonchev–Trinajstić information content (AvgIpc) is 2.29. The Hall–Kier alpha value is -2.12. The second-order valence-electron chi connectivity index (χ2n) is 2.25. The summed E-state index contributed by atoms with van der Waals surface area (Å²) in [6, 6.07) is 0. The molecule has 0 unspecified atom stereocenters. The van der Waals surface area contributed by atoms with Crippen LogP contribution >= 0.6 is 0 Å². The van der Waals surface area contributed by atoms with Crippen LogP contribution in [0.5, 0.6) is 5.88 Å². The first-order valence-corrected chi connectivity index (χ1v) is 3.21. The summed E-state index contributed by atoms with van der Waals surface area (Å²) in [6.07, 6.45) is 1.36. The van der Waals surface area contributed by atoms with Crippen LogP contribution in [0.1, 0.15) is 5.56 Å². The van der Waals surface area contributed by atoms with Gasteiger partial charge < -0.3 is 5.73 Å². The van der Waals surface area contributed by atoms with E-state index in [0.29, 0.717) is 0 Å². The van der Waals surface area contributed by atoms with Crippen LogP contribution in [0.2, 0.25) is 0 Å². The van der Waals surface area contributed by atoms with Crippen molar-refractivity contribution in [2.45, 2.75) is 0 Å². The van der Waals surface area contributed by atoms with E-state index in [2.05, 4.69) is 9.94 Å². The zero-order valence-electron chi connectivity index (χ0n) is 6.72. The number of hydrogen-bond donors (Lipinski definition) is 2. The molecule has 70 valence electrons. The summed E-state index contributed by atoms with van der Waals surface area (Å²) in [5.74, 6) is -0.607. The lowest BCUT2D eigenvalue weighted by Gasteiger charge is -1.95. The molecule has 1 rings (SSSR count). The largest absolute Gasteiger partial charge is 0.384 e. The number of nitrogen functional groups attached to an aromatic ring is 1. The van der Waals surface area contributed by atoms with Crippen LogP contribution in [0.3, 0.4) is 0 Å². The first kappa shape index (κ1) is 8.97. The minimum atomic E-state index is -1.01. The molecular weight excluding hydrogens is 178 g/mol. The van der Waals surface area contributed by atoms with Crippen LogP contribution in [0.25, 0.3) is 0 Å². The Bertz CT molecular complexity index is 357. The Morgan fingerprint density at radius 1 is 1.92 bits per heavy atom. The van der Waals surface area contributed by atoms with Gasteiger partial charge in [-0.25, -0.2) is 0 Å². The molecule has 0 radical (unpaired) electrons. The average molecular weight is 185 g/mol. The fourth-order valence-electron chi connectivity index (χ4n) is 0.791. The van der Waals surface area contributed by atoms with Gasteiger partial charge in [0.2, 0.25) is 5.88 Å². The summed E-state index contributed by atoms with van der Waals surface area (Å²) in [4.78, 5) is 14.1. The summed E-state index contributed by atoms with van der Waals surface area (Å²) in [6.45, 7) is 0. The SMILES string of the molecule is Cn1cc(C(=N)N)c(O[N+](=O)[O-])n1. The molecule has 8 heteroatoms. The number of amidine groups is 1. The van der Waals surface area contributed by atoms with Gasteiger partial charge in [-0.3, -0.25) is 14.9 Å². The van der Waals surface area contributed by atoms with Gasteiger partial charge in [-0.1, -0.05) is 0 Å². The molecule has 1 aromatic rings. The van der Waals surface area contributed by atoms with Gasteiger partial charge in [0.05, 0.1) is 5.56 Å². The summed E-state index contributed by atoms with van der Waals surface area (Å²) in [5.41, 5.74) is 5.23. The van der Waals surface area contributed by atoms with E-state index in [1.807, 2.05) is 0 Å². The fraction of sp³-hybridized carbons (Fsp3) is 0.200. The molecule has 0 atom stereocenters. The van der Waals surface area contributed by atoms with Gasteiger partial charge in [-0.05, 0) is 0 Å². The van der Waals surface area contributed by atoms with Gasteiger partial charge in [-0.15, -0.1) is 15.2 Å². The predicted octanol–water partition coefficient (Wildman–Crippen LogP) is -0.725. The van der Waals surface area contributed by atoms with Crippen LogP contribution < -0.4 is 10.6 Å². The molecule has 0 aromatic carbocycles. The number of hydrogen-bond acceptors (Lipinski definition) is 5. The van der Waals surface area contributed by atoms with Crippen molar-refractivity contribution in [1.29, 1.82) is 5.41 Å². The van der Waals surface area contributed by atoms with Gasteiger partial charge in [0.1, 0.15) is 5.84 Å². The van der Waals surface area contributed by atoms with Crippen molar-refractivity contribution in [3.8, 4) is 5.88 Å². The Morgan fingerprint density at radius 2 is 2.54 bits per heavy atom. The van der Waals surface area contributed by atoms with Crippen molar-refractivity contribution < 1.29 is 9.92 Å². The maximum atomic E-state index is 9.98. The third kappa shape index (κ3) is 1.92. The molecule has 3 N–H and O–H groups in total. The molecule has 1 aromatic heterocycles. The van der Waals surface area contributed by atoms with Crippen molar-refractivity contribution in [1.82, 2.24) is 9.78 Å². The second kappa shape index (κ2) is 3.09. The first-order chi connectivity index (χ1) is 6.00. The van der Waals surface area contributed by atoms with Crippen LogP contribution in [-0.2, 0) is 7.05 Å². The van der Waals surface area contributed by atoms with Crippen molar-refractivity contribution in [3.63, 3.8) is 0 Å². The number of nitrogens with zero attached hydrogens (tertiary/aromatic N) is 3. The molecule has 1 heterocycles. The normalized spacial score (nSPS) is 9.62. The highest BCUT2D eigenvalue weighted by Crippen LogP contribution is 2.13. The molecular formula is C5H7N5O3. The molecule has 0 saturated carbocycles. The lowest BCUT2D eigenvalue weighted by molar-refractivity contribution is -0.712. The molecule has 0 aliphatic carbocycles.